The van der Waals surface area contributed by atoms with Gasteiger partial charge < -0.3 is 5.32 Å². The zero-order valence-electron chi connectivity index (χ0n) is 10.1. The Bertz CT molecular complexity index is 610. The molecule has 4 nitrogen and oxygen atoms in total. The molecule has 0 spiro atoms. The van der Waals surface area contributed by atoms with Crippen LogP contribution >= 0.6 is 39.1 Å². The van der Waals surface area contributed by atoms with Gasteiger partial charge in [0.15, 0.2) is 5.82 Å². The molecular formula is C11H11BrCl2N4. The first kappa shape index (κ1) is 13.6. The zero-order chi connectivity index (χ0) is 13.4. The van der Waals surface area contributed by atoms with Crippen molar-refractivity contribution in [1.82, 2.24) is 14.8 Å². The van der Waals surface area contributed by atoms with Crippen molar-refractivity contribution < 1.29 is 0 Å². The fourth-order valence-electron chi connectivity index (χ4n) is 1.61. The van der Waals surface area contributed by atoms with Gasteiger partial charge in [-0.2, -0.15) is 5.10 Å². The summed E-state index contributed by atoms with van der Waals surface area (Å²) in [6.45, 7) is 3.85. The van der Waals surface area contributed by atoms with E-state index < -0.39 is 0 Å². The number of anilines is 1. The largest absolute Gasteiger partial charge is 0.372 e. The van der Waals surface area contributed by atoms with Crippen molar-refractivity contribution in [2.45, 2.75) is 13.8 Å². The fourth-order valence-corrected chi connectivity index (χ4v) is 2.39. The second-order valence-electron chi connectivity index (χ2n) is 3.77. The maximum Gasteiger partial charge on any atom is 0.174 e. The van der Waals surface area contributed by atoms with Crippen LogP contribution in [0, 0.1) is 13.8 Å². The number of nitrogens with one attached hydrogen (secondary N) is 1. The Labute approximate surface area is 123 Å². The predicted octanol–water partition coefficient (Wildman–Crippen LogP) is 4.00. The topological polar surface area (TPSA) is 42.7 Å². The molecule has 0 unspecified atom stereocenters. The second kappa shape index (κ2) is 5.07. The number of nitrogens with zero attached hydrogens (tertiary/aromatic N) is 3. The number of hydrogen-bond donors (Lipinski definition) is 1. The smallest absolute Gasteiger partial charge is 0.174 e. The van der Waals surface area contributed by atoms with Crippen LogP contribution in [0.25, 0.3) is 5.82 Å². The van der Waals surface area contributed by atoms with Gasteiger partial charge in [0, 0.05) is 7.05 Å². The number of aromatic nitrogens is 3. The van der Waals surface area contributed by atoms with Gasteiger partial charge in [-0.25, -0.2) is 9.67 Å². The SMILES string of the molecule is CNc1nc(-n2nc(C)c(Br)c2C)c(Cl)cc1Cl. The second-order valence-corrected chi connectivity index (χ2v) is 5.38. The van der Waals surface area contributed by atoms with Crippen molar-refractivity contribution in [3.8, 4) is 5.82 Å². The molecule has 18 heavy (non-hydrogen) atoms. The van der Waals surface area contributed by atoms with E-state index in [1.165, 1.54) is 0 Å². The van der Waals surface area contributed by atoms with E-state index in [0.717, 1.165) is 15.9 Å². The molecule has 0 aliphatic heterocycles. The molecule has 2 aromatic heterocycles. The Morgan fingerprint density at radius 3 is 2.44 bits per heavy atom. The van der Waals surface area contributed by atoms with E-state index in [4.69, 9.17) is 23.2 Å². The van der Waals surface area contributed by atoms with Gasteiger partial charge in [-0.3, -0.25) is 0 Å². The first-order valence-electron chi connectivity index (χ1n) is 5.21. The van der Waals surface area contributed by atoms with Crippen molar-refractivity contribution in [1.29, 1.82) is 0 Å². The summed E-state index contributed by atoms with van der Waals surface area (Å²) in [5.74, 6) is 1.12. The van der Waals surface area contributed by atoms with Crippen LogP contribution < -0.4 is 5.32 Å². The van der Waals surface area contributed by atoms with Crippen LogP contribution in [0.1, 0.15) is 11.4 Å². The van der Waals surface area contributed by atoms with Crippen molar-refractivity contribution in [2.75, 3.05) is 12.4 Å². The summed E-state index contributed by atoms with van der Waals surface area (Å²) in [6.07, 6.45) is 0. The molecule has 2 heterocycles. The quantitative estimate of drug-likeness (QED) is 0.891. The van der Waals surface area contributed by atoms with Gasteiger partial charge in [0.1, 0.15) is 5.82 Å². The van der Waals surface area contributed by atoms with Crippen LogP contribution in [0.2, 0.25) is 10.0 Å². The Hall–Kier alpha value is -0.780. The van der Waals surface area contributed by atoms with Gasteiger partial charge in [-0.15, -0.1) is 0 Å². The van der Waals surface area contributed by atoms with Crippen LogP contribution in [0.5, 0.6) is 0 Å². The van der Waals surface area contributed by atoms with Gasteiger partial charge in [0.05, 0.1) is 25.9 Å². The zero-order valence-corrected chi connectivity index (χ0v) is 13.2. The van der Waals surface area contributed by atoms with Crippen LogP contribution in [-0.2, 0) is 0 Å². The Morgan fingerprint density at radius 1 is 1.28 bits per heavy atom. The first-order chi connectivity index (χ1) is 8.45. The van der Waals surface area contributed by atoms with Crippen molar-refractivity contribution in [3.05, 3.63) is 32.0 Å². The Kier molecular flexibility index (Phi) is 3.84. The highest BCUT2D eigenvalue weighted by Crippen LogP contribution is 2.30. The lowest BCUT2D eigenvalue weighted by molar-refractivity contribution is 0.807. The van der Waals surface area contributed by atoms with E-state index in [1.807, 2.05) is 13.8 Å². The van der Waals surface area contributed by atoms with Crippen molar-refractivity contribution in [2.24, 2.45) is 0 Å². The van der Waals surface area contributed by atoms with Gasteiger partial charge in [0.25, 0.3) is 0 Å². The first-order valence-corrected chi connectivity index (χ1v) is 6.76. The van der Waals surface area contributed by atoms with Crippen LogP contribution in [0.4, 0.5) is 5.82 Å². The van der Waals surface area contributed by atoms with Gasteiger partial charge in [-0.1, -0.05) is 23.2 Å². The molecule has 96 valence electrons. The summed E-state index contributed by atoms with van der Waals surface area (Å²) in [5, 5.41) is 8.25. The lowest BCUT2D eigenvalue weighted by atomic mass is 10.4. The van der Waals surface area contributed by atoms with Crippen LogP contribution in [-0.4, -0.2) is 21.8 Å². The van der Waals surface area contributed by atoms with E-state index in [1.54, 1.807) is 17.8 Å². The summed E-state index contributed by atoms with van der Waals surface area (Å²) < 4.78 is 2.64. The molecule has 2 aromatic rings. The average Bonchev–Trinajstić information content (AvgIpc) is 2.57. The molecule has 1 N–H and O–H groups in total. The molecule has 0 aliphatic carbocycles. The van der Waals surface area contributed by atoms with E-state index in [2.05, 4.69) is 31.3 Å². The van der Waals surface area contributed by atoms with Crippen molar-refractivity contribution >= 4 is 44.9 Å². The average molecular weight is 350 g/mol. The Balaban J connectivity index is 2.67. The van der Waals surface area contributed by atoms with Gasteiger partial charge >= 0.3 is 0 Å². The molecule has 2 rings (SSSR count). The molecular weight excluding hydrogens is 339 g/mol. The number of hydrogen-bond acceptors (Lipinski definition) is 3. The molecule has 0 bridgehead atoms. The Morgan fingerprint density at radius 2 is 1.94 bits per heavy atom. The monoisotopic (exact) mass is 348 g/mol. The number of halogens is 3. The van der Waals surface area contributed by atoms with E-state index in [0.29, 0.717) is 21.7 Å². The summed E-state index contributed by atoms with van der Waals surface area (Å²) in [4.78, 5) is 4.38. The molecule has 0 aromatic carbocycles. The van der Waals surface area contributed by atoms with Crippen LogP contribution in [0.15, 0.2) is 10.5 Å². The summed E-state index contributed by atoms with van der Waals surface area (Å²) in [6, 6.07) is 1.65. The minimum Gasteiger partial charge on any atom is -0.372 e. The lowest BCUT2D eigenvalue weighted by Gasteiger charge is -2.09. The third kappa shape index (κ3) is 2.22. The highest BCUT2D eigenvalue weighted by atomic mass is 79.9. The molecule has 0 amide bonds. The summed E-state index contributed by atoms with van der Waals surface area (Å²) in [5.41, 5.74) is 1.82. The molecule has 0 saturated carbocycles. The van der Waals surface area contributed by atoms with E-state index >= 15 is 0 Å². The minimum absolute atomic E-state index is 0.456. The molecule has 0 radical (unpaired) electrons. The van der Waals surface area contributed by atoms with E-state index in [-0.39, 0.29) is 0 Å². The molecule has 0 atom stereocenters. The molecule has 7 heteroatoms. The molecule has 0 saturated heterocycles. The number of rotatable bonds is 2. The highest BCUT2D eigenvalue weighted by Gasteiger charge is 2.16. The maximum atomic E-state index is 6.18. The fraction of sp³-hybridized carbons (Fsp3) is 0.273. The molecule has 0 aliphatic rings. The lowest BCUT2D eigenvalue weighted by Crippen LogP contribution is -2.05. The number of pyridine rings is 1. The number of aryl methyl sites for hydroxylation is 1. The van der Waals surface area contributed by atoms with Gasteiger partial charge in [0.2, 0.25) is 0 Å². The van der Waals surface area contributed by atoms with Crippen LogP contribution in [0.3, 0.4) is 0 Å². The predicted molar refractivity (Wildman–Crippen MR) is 78.1 cm³/mol. The highest BCUT2D eigenvalue weighted by molar-refractivity contribution is 9.10. The van der Waals surface area contributed by atoms with Crippen molar-refractivity contribution in [3.63, 3.8) is 0 Å². The normalized spacial score (nSPS) is 10.8. The standard InChI is InChI=1S/C11H11BrCl2N4/c1-5-9(12)6(2)18(17-5)11-8(14)4-7(13)10(15-3)16-11/h4H,1-3H3,(H,15,16). The molecule has 0 fully saturated rings. The summed E-state index contributed by atoms with van der Waals surface area (Å²) in [7, 11) is 1.75. The maximum absolute atomic E-state index is 6.18. The minimum atomic E-state index is 0.456. The third-order valence-electron chi connectivity index (χ3n) is 2.55. The third-order valence-corrected chi connectivity index (χ3v) is 4.27. The van der Waals surface area contributed by atoms with Gasteiger partial charge in [-0.05, 0) is 35.8 Å². The summed E-state index contributed by atoms with van der Waals surface area (Å²) >= 11 is 15.7. The van der Waals surface area contributed by atoms with E-state index in [9.17, 15) is 0 Å².